The number of nitrogens with one attached hydrogen (secondary N) is 2. The molecule has 0 aliphatic carbocycles. The molecule has 4 N–H and O–H groups in total. The van der Waals surface area contributed by atoms with Crippen molar-refractivity contribution in [1.82, 2.24) is 34.9 Å². The first-order valence-electron chi connectivity index (χ1n) is 10.5. The predicted molar refractivity (Wildman–Crippen MR) is 128 cm³/mol. The van der Waals surface area contributed by atoms with Crippen molar-refractivity contribution in [2.45, 2.75) is 26.6 Å². The molecule has 178 valence electrons. The first kappa shape index (κ1) is 22.5. The quantitative estimate of drug-likeness (QED) is 0.319. The number of aryl methyl sites for hydroxylation is 1. The number of aromatic amines is 1. The molecule has 0 spiro atoms. The molecule has 11 nitrogen and oxygen atoms in total. The van der Waals surface area contributed by atoms with Crippen LogP contribution in [-0.4, -0.2) is 34.9 Å². The Morgan fingerprint density at radius 2 is 2.14 bits per heavy atom. The summed E-state index contributed by atoms with van der Waals surface area (Å²) in [5.74, 6) is 1.26. The molecule has 4 heterocycles. The van der Waals surface area contributed by atoms with E-state index in [0.717, 1.165) is 0 Å². The van der Waals surface area contributed by atoms with Crippen LogP contribution in [0, 0.1) is 6.92 Å². The van der Waals surface area contributed by atoms with Crippen LogP contribution in [-0.2, 0) is 6.67 Å². The zero-order chi connectivity index (χ0) is 24.7. The number of rotatable bonds is 6. The van der Waals surface area contributed by atoms with Gasteiger partial charge in [0.1, 0.15) is 30.2 Å². The molecule has 0 bridgehead atoms. The number of benzene rings is 1. The smallest absolute Gasteiger partial charge is 0.266 e. The number of nitrogens with two attached hydrogens (primary N) is 1. The summed E-state index contributed by atoms with van der Waals surface area (Å²) in [6, 6.07) is 7.94. The molecule has 0 unspecified atom stereocenters. The minimum absolute atomic E-state index is 0.140. The molecule has 5 aromatic rings. The molecule has 0 aliphatic rings. The fourth-order valence-electron chi connectivity index (χ4n) is 3.82. The SMILES string of the molecule is Cc1noc(-c2c(N)ncnc2N[C@@H](C)c2cc3cccc(Cl)c3c(=O)n2-c2cc(CF)[nH]n2)n1. The van der Waals surface area contributed by atoms with Gasteiger partial charge in [0.25, 0.3) is 11.4 Å². The van der Waals surface area contributed by atoms with E-state index in [9.17, 15) is 9.18 Å². The van der Waals surface area contributed by atoms with Crippen molar-refractivity contribution in [3.63, 3.8) is 0 Å². The highest BCUT2D eigenvalue weighted by atomic mass is 35.5. The number of fused-ring (bicyclic) bond motifs is 1. The van der Waals surface area contributed by atoms with E-state index < -0.39 is 18.3 Å². The average molecular weight is 496 g/mol. The van der Waals surface area contributed by atoms with Gasteiger partial charge in [-0.15, -0.1) is 0 Å². The van der Waals surface area contributed by atoms with E-state index in [0.29, 0.717) is 38.7 Å². The summed E-state index contributed by atoms with van der Waals surface area (Å²) < 4.78 is 19.9. The molecular weight excluding hydrogens is 477 g/mol. The first-order valence-corrected chi connectivity index (χ1v) is 10.9. The standard InChI is InChI=1S/C22H19ClFN9O2/c1-10(28-20-18(19(25)26-9-27-20)21-29-11(2)32-35-21)15-6-12-4-3-5-14(23)17(12)22(34)33(15)16-7-13(8-24)30-31-16/h3-7,9-10H,8H2,1-2H3,(H,30,31)(H3,25,26,27,28)/t10-/m0/s1. The van der Waals surface area contributed by atoms with Crippen molar-refractivity contribution in [1.29, 1.82) is 0 Å². The maximum atomic E-state index is 13.6. The Morgan fingerprint density at radius 3 is 2.86 bits per heavy atom. The summed E-state index contributed by atoms with van der Waals surface area (Å²) >= 11 is 6.35. The Kier molecular flexibility index (Phi) is 5.65. The fourth-order valence-corrected chi connectivity index (χ4v) is 4.09. The normalized spacial score (nSPS) is 12.2. The van der Waals surface area contributed by atoms with Gasteiger partial charge in [-0.25, -0.2) is 14.4 Å². The second-order valence-electron chi connectivity index (χ2n) is 7.79. The van der Waals surface area contributed by atoms with E-state index >= 15 is 0 Å². The predicted octanol–water partition coefficient (Wildman–Crippen LogP) is 3.74. The van der Waals surface area contributed by atoms with Gasteiger partial charge in [0.05, 0.1) is 27.8 Å². The number of nitrogens with zero attached hydrogens (tertiary/aromatic N) is 6. The van der Waals surface area contributed by atoms with Crippen LogP contribution in [0.1, 0.15) is 30.2 Å². The van der Waals surface area contributed by atoms with Crippen molar-refractivity contribution in [2.75, 3.05) is 11.1 Å². The summed E-state index contributed by atoms with van der Waals surface area (Å²) in [5.41, 5.74) is 6.78. The van der Waals surface area contributed by atoms with E-state index in [1.54, 1.807) is 25.1 Å². The van der Waals surface area contributed by atoms with Crippen molar-refractivity contribution < 1.29 is 8.91 Å². The molecule has 0 amide bonds. The molecule has 0 aliphatic heterocycles. The third kappa shape index (κ3) is 3.97. The molecule has 0 fully saturated rings. The number of H-pyrrole nitrogens is 1. The minimum atomic E-state index is -0.758. The third-order valence-electron chi connectivity index (χ3n) is 5.43. The van der Waals surface area contributed by atoms with Gasteiger partial charge in [-0.1, -0.05) is 28.9 Å². The van der Waals surface area contributed by atoms with Crippen LogP contribution in [0.15, 0.2) is 46.0 Å². The van der Waals surface area contributed by atoms with E-state index in [2.05, 4.69) is 35.6 Å². The largest absolute Gasteiger partial charge is 0.383 e. The van der Waals surface area contributed by atoms with Crippen LogP contribution in [0.2, 0.25) is 5.02 Å². The lowest BCUT2D eigenvalue weighted by Gasteiger charge is -2.21. The molecular formula is C22H19ClFN9O2. The van der Waals surface area contributed by atoms with E-state index in [4.69, 9.17) is 21.9 Å². The zero-order valence-electron chi connectivity index (χ0n) is 18.6. The zero-order valence-corrected chi connectivity index (χ0v) is 19.3. The van der Waals surface area contributed by atoms with Crippen molar-refractivity contribution >= 4 is 34.0 Å². The van der Waals surface area contributed by atoms with Crippen LogP contribution in [0.5, 0.6) is 0 Å². The van der Waals surface area contributed by atoms with Crippen molar-refractivity contribution in [2.24, 2.45) is 0 Å². The number of pyridine rings is 1. The van der Waals surface area contributed by atoms with Gasteiger partial charge < -0.3 is 15.6 Å². The van der Waals surface area contributed by atoms with Crippen molar-refractivity contribution in [3.8, 4) is 17.3 Å². The molecule has 0 saturated heterocycles. The van der Waals surface area contributed by atoms with E-state index in [1.807, 2.05) is 13.0 Å². The number of hydrogen-bond donors (Lipinski definition) is 3. The van der Waals surface area contributed by atoms with Gasteiger partial charge >= 0.3 is 0 Å². The minimum Gasteiger partial charge on any atom is -0.383 e. The van der Waals surface area contributed by atoms with Crippen molar-refractivity contribution in [3.05, 3.63) is 69.2 Å². The summed E-state index contributed by atoms with van der Waals surface area (Å²) in [6.07, 6.45) is 1.30. The monoisotopic (exact) mass is 495 g/mol. The summed E-state index contributed by atoms with van der Waals surface area (Å²) in [4.78, 5) is 26.1. The number of halogens is 2. The Morgan fingerprint density at radius 1 is 1.31 bits per heavy atom. The number of anilines is 2. The fraction of sp³-hybridized carbons (Fsp3) is 0.182. The topological polar surface area (TPSA) is 153 Å². The number of aromatic nitrogens is 7. The lowest BCUT2D eigenvalue weighted by Crippen LogP contribution is -2.26. The summed E-state index contributed by atoms with van der Waals surface area (Å²) in [7, 11) is 0. The van der Waals surface area contributed by atoms with Crippen LogP contribution >= 0.6 is 11.6 Å². The van der Waals surface area contributed by atoms with Crippen LogP contribution < -0.4 is 16.6 Å². The molecule has 1 aromatic carbocycles. The Hall–Kier alpha value is -4.32. The van der Waals surface area contributed by atoms with Crippen LogP contribution in [0.3, 0.4) is 0 Å². The van der Waals surface area contributed by atoms with Gasteiger partial charge in [-0.05, 0) is 31.4 Å². The molecule has 13 heteroatoms. The summed E-state index contributed by atoms with van der Waals surface area (Å²) in [6.45, 7) is 2.75. The Balaban J connectivity index is 1.67. The number of alkyl halides is 1. The molecule has 4 aromatic heterocycles. The van der Waals surface area contributed by atoms with Gasteiger partial charge in [0.15, 0.2) is 11.6 Å². The Labute approximate surface area is 202 Å². The van der Waals surface area contributed by atoms with Gasteiger partial charge in [0, 0.05) is 6.07 Å². The second-order valence-corrected chi connectivity index (χ2v) is 8.20. The molecule has 0 saturated carbocycles. The van der Waals surface area contributed by atoms with Gasteiger partial charge in [0.2, 0.25) is 0 Å². The molecule has 5 rings (SSSR count). The summed E-state index contributed by atoms with van der Waals surface area (Å²) in [5, 5.41) is 15.0. The molecule has 35 heavy (non-hydrogen) atoms. The Bertz CT molecular complexity index is 1610. The van der Waals surface area contributed by atoms with Gasteiger partial charge in [-0.2, -0.15) is 10.1 Å². The highest BCUT2D eigenvalue weighted by Gasteiger charge is 2.23. The number of nitrogen functional groups attached to an aromatic ring is 1. The average Bonchev–Trinajstić information content (AvgIpc) is 3.48. The van der Waals surface area contributed by atoms with Crippen LogP contribution in [0.25, 0.3) is 28.0 Å². The maximum absolute atomic E-state index is 13.6. The third-order valence-corrected chi connectivity index (χ3v) is 5.74. The molecule has 1 atom stereocenters. The lowest BCUT2D eigenvalue weighted by atomic mass is 10.1. The van der Waals surface area contributed by atoms with E-state index in [-0.39, 0.29) is 23.2 Å². The highest BCUT2D eigenvalue weighted by Crippen LogP contribution is 2.32. The second kappa shape index (κ2) is 8.80. The lowest BCUT2D eigenvalue weighted by molar-refractivity contribution is 0.425. The number of hydrogen-bond acceptors (Lipinski definition) is 9. The van der Waals surface area contributed by atoms with Gasteiger partial charge in [-0.3, -0.25) is 14.5 Å². The molecule has 0 radical (unpaired) electrons. The van der Waals surface area contributed by atoms with E-state index in [1.165, 1.54) is 17.0 Å². The maximum Gasteiger partial charge on any atom is 0.266 e. The van der Waals surface area contributed by atoms with Crippen LogP contribution in [0.4, 0.5) is 16.0 Å². The highest BCUT2D eigenvalue weighted by molar-refractivity contribution is 6.35. The first-order chi connectivity index (χ1) is 16.9.